The van der Waals surface area contributed by atoms with Gasteiger partial charge in [-0.3, -0.25) is 10.1 Å². The van der Waals surface area contributed by atoms with Crippen LogP contribution in [0.2, 0.25) is 0 Å². The number of hydrogen-bond donors (Lipinski definition) is 2. The van der Waals surface area contributed by atoms with E-state index in [1.165, 1.54) is 25.2 Å². The normalized spacial score (nSPS) is 12.9. The van der Waals surface area contributed by atoms with Crippen molar-refractivity contribution in [2.45, 2.75) is 44.0 Å². The molecular formula is C13H21N3O4S. The average molecular weight is 315 g/mol. The topological polar surface area (TPSA) is 101 Å². The number of benzene rings is 1. The lowest BCUT2D eigenvalue weighted by molar-refractivity contribution is -0.384. The Hall–Kier alpha value is -1.67. The predicted octanol–water partition coefficient (Wildman–Crippen LogP) is 2.49. The molecule has 0 heterocycles. The van der Waals surface area contributed by atoms with Crippen molar-refractivity contribution in [3.8, 4) is 0 Å². The van der Waals surface area contributed by atoms with Crippen molar-refractivity contribution < 1.29 is 13.3 Å². The molecule has 0 saturated carbocycles. The van der Waals surface area contributed by atoms with E-state index in [-0.39, 0.29) is 22.3 Å². The summed E-state index contributed by atoms with van der Waals surface area (Å²) in [5.41, 5.74) is 0.0574. The maximum absolute atomic E-state index is 12.4. The van der Waals surface area contributed by atoms with Crippen LogP contribution in [0, 0.1) is 10.1 Å². The standard InChI is InChI=1S/C13H21N3O4S/c1-4-6-10(5-2)15-21(19,20)13-8-7-11(16(17)18)9-12(13)14-3/h7-10,14-15H,4-6H2,1-3H3. The van der Waals surface area contributed by atoms with E-state index in [2.05, 4.69) is 10.0 Å². The smallest absolute Gasteiger partial charge is 0.271 e. The molecule has 0 aliphatic heterocycles. The number of hydrogen-bond acceptors (Lipinski definition) is 5. The molecule has 1 atom stereocenters. The van der Waals surface area contributed by atoms with Gasteiger partial charge in [0.25, 0.3) is 5.69 Å². The van der Waals surface area contributed by atoms with Gasteiger partial charge in [0.2, 0.25) is 10.0 Å². The fraction of sp³-hybridized carbons (Fsp3) is 0.538. The molecule has 0 radical (unpaired) electrons. The number of nitrogens with zero attached hydrogens (tertiary/aromatic N) is 1. The molecule has 0 aromatic heterocycles. The molecule has 0 aliphatic carbocycles. The van der Waals surface area contributed by atoms with E-state index in [1.807, 2.05) is 13.8 Å². The highest BCUT2D eigenvalue weighted by molar-refractivity contribution is 7.89. The zero-order chi connectivity index (χ0) is 16.0. The molecule has 0 amide bonds. The summed E-state index contributed by atoms with van der Waals surface area (Å²) in [4.78, 5) is 10.2. The van der Waals surface area contributed by atoms with E-state index in [0.717, 1.165) is 12.8 Å². The van der Waals surface area contributed by atoms with E-state index in [9.17, 15) is 18.5 Å². The van der Waals surface area contributed by atoms with Crippen molar-refractivity contribution in [1.82, 2.24) is 4.72 Å². The molecule has 1 aromatic rings. The second-order valence-corrected chi connectivity index (χ2v) is 6.39. The van der Waals surface area contributed by atoms with Crippen molar-refractivity contribution >= 4 is 21.4 Å². The van der Waals surface area contributed by atoms with Gasteiger partial charge in [0, 0.05) is 25.2 Å². The number of anilines is 1. The Balaban J connectivity index is 3.15. The molecule has 0 spiro atoms. The molecule has 0 aliphatic rings. The van der Waals surface area contributed by atoms with Crippen molar-refractivity contribution in [2.24, 2.45) is 0 Å². The van der Waals surface area contributed by atoms with Gasteiger partial charge in [-0.05, 0) is 18.9 Å². The third-order valence-corrected chi connectivity index (χ3v) is 4.76. The molecule has 8 heteroatoms. The van der Waals surface area contributed by atoms with E-state index >= 15 is 0 Å². The van der Waals surface area contributed by atoms with Gasteiger partial charge in [0.1, 0.15) is 4.90 Å². The van der Waals surface area contributed by atoms with Crippen LogP contribution in [0.4, 0.5) is 11.4 Å². The fourth-order valence-electron chi connectivity index (χ4n) is 2.04. The van der Waals surface area contributed by atoms with Crippen LogP contribution in [0.15, 0.2) is 23.1 Å². The second kappa shape index (κ2) is 7.37. The molecule has 0 bridgehead atoms. The van der Waals surface area contributed by atoms with Crippen LogP contribution in [0.1, 0.15) is 33.1 Å². The third-order valence-electron chi connectivity index (χ3n) is 3.18. The molecule has 118 valence electrons. The summed E-state index contributed by atoms with van der Waals surface area (Å²) in [6.07, 6.45) is 2.31. The zero-order valence-corrected chi connectivity index (χ0v) is 13.2. The first-order chi connectivity index (χ1) is 9.85. The highest BCUT2D eigenvalue weighted by Crippen LogP contribution is 2.26. The first-order valence-electron chi connectivity index (χ1n) is 6.84. The lowest BCUT2D eigenvalue weighted by Crippen LogP contribution is -2.34. The Labute approximate surface area is 124 Å². The Morgan fingerprint density at radius 3 is 2.48 bits per heavy atom. The van der Waals surface area contributed by atoms with Crippen LogP contribution >= 0.6 is 0 Å². The number of nitrogens with one attached hydrogen (secondary N) is 2. The number of nitro benzene ring substituents is 1. The van der Waals surface area contributed by atoms with Crippen LogP contribution in [0.5, 0.6) is 0 Å². The molecule has 21 heavy (non-hydrogen) atoms. The third kappa shape index (κ3) is 4.40. The van der Waals surface area contributed by atoms with E-state index in [4.69, 9.17) is 0 Å². The number of sulfonamides is 1. The largest absolute Gasteiger partial charge is 0.387 e. The van der Waals surface area contributed by atoms with Crippen LogP contribution in [0.25, 0.3) is 0 Å². The molecule has 1 aromatic carbocycles. The van der Waals surface area contributed by atoms with Gasteiger partial charge in [-0.25, -0.2) is 13.1 Å². The summed E-state index contributed by atoms with van der Waals surface area (Å²) >= 11 is 0. The van der Waals surface area contributed by atoms with Gasteiger partial charge in [-0.2, -0.15) is 0 Å². The van der Waals surface area contributed by atoms with Gasteiger partial charge in [-0.1, -0.05) is 20.3 Å². The Morgan fingerprint density at radius 1 is 1.33 bits per heavy atom. The van der Waals surface area contributed by atoms with Gasteiger partial charge in [0.15, 0.2) is 0 Å². The van der Waals surface area contributed by atoms with Crippen LogP contribution in [-0.2, 0) is 10.0 Å². The van der Waals surface area contributed by atoms with Crippen LogP contribution < -0.4 is 10.0 Å². The highest BCUT2D eigenvalue weighted by Gasteiger charge is 2.23. The molecule has 1 unspecified atom stereocenters. The first-order valence-corrected chi connectivity index (χ1v) is 8.32. The predicted molar refractivity (Wildman–Crippen MR) is 82.0 cm³/mol. The summed E-state index contributed by atoms with van der Waals surface area (Å²) in [5.74, 6) is 0. The second-order valence-electron chi connectivity index (χ2n) is 4.70. The van der Waals surface area contributed by atoms with Crippen molar-refractivity contribution in [1.29, 1.82) is 0 Å². The van der Waals surface area contributed by atoms with Crippen molar-refractivity contribution in [3.63, 3.8) is 0 Å². The maximum Gasteiger partial charge on any atom is 0.271 e. The van der Waals surface area contributed by atoms with Gasteiger partial charge >= 0.3 is 0 Å². The monoisotopic (exact) mass is 315 g/mol. The summed E-state index contributed by atoms with van der Waals surface area (Å²) in [6, 6.07) is 3.52. The molecule has 7 nitrogen and oxygen atoms in total. The van der Waals surface area contributed by atoms with Crippen molar-refractivity contribution in [2.75, 3.05) is 12.4 Å². The van der Waals surface area contributed by atoms with Crippen molar-refractivity contribution in [3.05, 3.63) is 28.3 Å². The zero-order valence-electron chi connectivity index (χ0n) is 12.4. The summed E-state index contributed by atoms with van der Waals surface area (Å²) in [6.45, 7) is 3.90. The van der Waals surface area contributed by atoms with Crippen LogP contribution in [0.3, 0.4) is 0 Å². The van der Waals surface area contributed by atoms with E-state index < -0.39 is 14.9 Å². The molecule has 0 fully saturated rings. The Bertz CT molecular complexity index is 601. The summed E-state index contributed by atoms with van der Waals surface area (Å²) in [7, 11) is -2.18. The van der Waals surface area contributed by atoms with E-state index in [1.54, 1.807) is 0 Å². The molecule has 0 saturated heterocycles. The SMILES string of the molecule is CCCC(CC)NS(=O)(=O)c1ccc([N+](=O)[O-])cc1NC. The van der Waals surface area contributed by atoms with Gasteiger partial charge < -0.3 is 5.32 Å². The highest BCUT2D eigenvalue weighted by atomic mass is 32.2. The minimum absolute atomic E-state index is 0.0187. The van der Waals surface area contributed by atoms with E-state index in [0.29, 0.717) is 6.42 Å². The molecule has 2 N–H and O–H groups in total. The number of nitro groups is 1. The quantitative estimate of drug-likeness (QED) is 0.567. The lowest BCUT2D eigenvalue weighted by Gasteiger charge is -2.17. The minimum Gasteiger partial charge on any atom is -0.387 e. The number of rotatable bonds is 8. The fourth-order valence-corrected chi connectivity index (χ4v) is 3.59. The molecular weight excluding hydrogens is 294 g/mol. The van der Waals surface area contributed by atoms with Gasteiger partial charge in [0.05, 0.1) is 10.6 Å². The molecule has 1 rings (SSSR count). The summed E-state index contributed by atoms with van der Waals surface area (Å²) < 4.78 is 27.5. The first kappa shape index (κ1) is 17.4. The maximum atomic E-state index is 12.4. The summed E-state index contributed by atoms with van der Waals surface area (Å²) in [5, 5.41) is 13.4. The van der Waals surface area contributed by atoms with Gasteiger partial charge in [-0.15, -0.1) is 0 Å². The Morgan fingerprint density at radius 2 is 2.00 bits per heavy atom. The lowest BCUT2D eigenvalue weighted by atomic mass is 10.1. The van der Waals surface area contributed by atoms with Crippen LogP contribution in [-0.4, -0.2) is 26.4 Å². The minimum atomic E-state index is -3.71. The Kier molecular flexibility index (Phi) is 6.10. The average Bonchev–Trinajstić information content (AvgIpc) is 2.45. The number of non-ortho nitro benzene ring substituents is 1.